The van der Waals surface area contributed by atoms with E-state index >= 15 is 0 Å². The number of nitrogens with one attached hydrogen (secondary N) is 1. The summed E-state index contributed by atoms with van der Waals surface area (Å²) in [5, 5.41) is 2.71. The first kappa shape index (κ1) is 22.3. The fourth-order valence-corrected chi connectivity index (χ4v) is 4.83. The minimum Gasteiger partial charge on any atom is -0.469 e. The maximum Gasteiger partial charge on any atom is 0.342 e. The van der Waals surface area contributed by atoms with Crippen LogP contribution in [0.25, 0.3) is 0 Å². The number of carbonyl (C=O) groups excluding carboxylic acids is 2. The van der Waals surface area contributed by atoms with Crippen LogP contribution in [-0.4, -0.2) is 43.8 Å². The lowest BCUT2D eigenvalue weighted by Crippen LogP contribution is -2.35. The number of amides is 1. The number of furan rings is 1. The summed E-state index contributed by atoms with van der Waals surface area (Å²) in [6.45, 7) is 3.94. The first-order valence-corrected chi connectivity index (χ1v) is 11.4. The molecule has 0 aliphatic carbocycles. The predicted molar refractivity (Wildman–Crippen MR) is 111 cm³/mol. The molecule has 1 aromatic carbocycles. The zero-order valence-corrected chi connectivity index (χ0v) is 18.3. The van der Waals surface area contributed by atoms with Gasteiger partial charge in [0.15, 0.2) is 6.10 Å². The highest BCUT2D eigenvalue weighted by Crippen LogP contribution is 2.28. The van der Waals surface area contributed by atoms with Gasteiger partial charge < -0.3 is 14.5 Å². The van der Waals surface area contributed by atoms with Crippen molar-refractivity contribution in [1.29, 1.82) is 0 Å². The molecule has 1 atom stereocenters. The fourth-order valence-electron chi connectivity index (χ4n) is 3.12. The number of benzene rings is 1. The number of rotatable bonds is 6. The summed E-state index contributed by atoms with van der Waals surface area (Å²) in [5.41, 5.74) is 0.351. The molecular formula is C20H23ClN2O6S. The number of carbonyl (C=O) groups is 2. The molecule has 0 radical (unpaired) electrons. The average Bonchev–Trinajstić information content (AvgIpc) is 3.16. The van der Waals surface area contributed by atoms with Crippen molar-refractivity contribution in [2.45, 2.75) is 44.1 Å². The van der Waals surface area contributed by atoms with Crippen molar-refractivity contribution in [3.05, 3.63) is 46.9 Å². The summed E-state index contributed by atoms with van der Waals surface area (Å²) in [7, 11) is -3.68. The highest BCUT2D eigenvalue weighted by Gasteiger charge is 2.27. The molecule has 1 saturated heterocycles. The molecule has 1 aliphatic rings. The number of hydrogen-bond acceptors (Lipinski definition) is 6. The molecule has 1 amide bonds. The lowest BCUT2D eigenvalue weighted by atomic mass is 10.2. The van der Waals surface area contributed by atoms with Crippen molar-refractivity contribution in [2.24, 2.45) is 0 Å². The van der Waals surface area contributed by atoms with Gasteiger partial charge in [-0.15, -0.1) is 0 Å². The highest BCUT2D eigenvalue weighted by molar-refractivity contribution is 7.89. The average molecular weight is 455 g/mol. The van der Waals surface area contributed by atoms with Gasteiger partial charge in [-0.2, -0.15) is 4.31 Å². The van der Waals surface area contributed by atoms with E-state index in [1.807, 2.05) is 0 Å². The summed E-state index contributed by atoms with van der Waals surface area (Å²) >= 11 is 6.15. The SMILES string of the molecule is Cc1occc1C(=O)O[C@@H](C)C(=O)Nc1cc(S(=O)(=O)N2CCCCC2)ccc1Cl. The standard InChI is InChI=1S/C20H23ClN2O6S/c1-13-16(8-11-28-13)20(25)29-14(2)19(24)22-18-12-15(6-7-17(18)21)30(26,27)23-9-4-3-5-10-23/h6-8,11-12,14H,3-5,9-10H2,1-2H3,(H,22,24)/t14-/m0/s1. The minimum absolute atomic E-state index is 0.0442. The number of halogens is 1. The van der Waals surface area contributed by atoms with Crippen LogP contribution >= 0.6 is 11.6 Å². The van der Waals surface area contributed by atoms with Crippen LogP contribution in [0.5, 0.6) is 0 Å². The third kappa shape index (κ3) is 4.85. The number of anilines is 1. The van der Waals surface area contributed by atoms with E-state index in [0.29, 0.717) is 18.8 Å². The molecule has 30 heavy (non-hydrogen) atoms. The van der Waals surface area contributed by atoms with Crippen LogP contribution in [-0.2, 0) is 19.6 Å². The van der Waals surface area contributed by atoms with Crippen LogP contribution in [0.3, 0.4) is 0 Å². The van der Waals surface area contributed by atoms with Gasteiger partial charge in [-0.1, -0.05) is 18.0 Å². The van der Waals surface area contributed by atoms with Gasteiger partial charge in [-0.25, -0.2) is 13.2 Å². The lowest BCUT2D eigenvalue weighted by Gasteiger charge is -2.26. The molecule has 1 fully saturated rings. The smallest absolute Gasteiger partial charge is 0.342 e. The normalized spacial score (nSPS) is 16.1. The zero-order valence-electron chi connectivity index (χ0n) is 16.7. The quantitative estimate of drug-likeness (QED) is 0.668. The topological polar surface area (TPSA) is 106 Å². The van der Waals surface area contributed by atoms with Gasteiger partial charge in [0, 0.05) is 13.1 Å². The number of aryl methyl sites for hydroxylation is 1. The van der Waals surface area contributed by atoms with Crippen molar-refractivity contribution in [1.82, 2.24) is 4.31 Å². The van der Waals surface area contributed by atoms with E-state index in [1.165, 1.54) is 41.8 Å². The molecular weight excluding hydrogens is 432 g/mol. The monoisotopic (exact) mass is 454 g/mol. The molecule has 0 unspecified atom stereocenters. The van der Waals surface area contributed by atoms with E-state index in [4.69, 9.17) is 20.8 Å². The van der Waals surface area contributed by atoms with Crippen molar-refractivity contribution in [3.8, 4) is 0 Å². The van der Waals surface area contributed by atoms with Crippen LogP contribution in [0.1, 0.15) is 42.3 Å². The summed E-state index contributed by atoms with van der Waals surface area (Å²) in [4.78, 5) is 24.7. The van der Waals surface area contributed by atoms with Gasteiger partial charge in [0.2, 0.25) is 10.0 Å². The zero-order chi connectivity index (χ0) is 21.9. The summed E-state index contributed by atoms with van der Waals surface area (Å²) in [6, 6.07) is 5.60. The Balaban J connectivity index is 1.72. The maximum atomic E-state index is 12.9. The Morgan fingerprint density at radius 3 is 2.53 bits per heavy atom. The van der Waals surface area contributed by atoms with Crippen LogP contribution in [0.15, 0.2) is 39.8 Å². The first-order chi connectivity index (χ1) is 14.2. The molecule has 1 N–H and O–H groups in total. The van der Waals surface area contributed by atoms with Crippen molar-refractivity contribution in [2.75, 3.05) is 18.4 Å². The highest BCUT2D eigenvalue weighted by atomic mass is 35.5. The van der Waals surface area contributed by atoms with Crippen LogP contribution in [0.2, 0.25) is 5.02 Å². The number of ether oxygens (including phenoxy) is 1. The summed E-state index contributed by atoms with van der Waals surface area (Å²) < 4.78 is 37.4. The third-order valence-electron chi connectivity index (χ3n) is 4.88. The Kier molecular flexibility index (Phi) is 6.84. The number of esters is 1. The van der Waals surface area contributed by atoms with Crippen LogP contribution < -0.4 is 5.32 Å². The van der Waals surface area contributed by atoms with E-state index in [1.54, 1.807) is 6.92 Å². The van der Waals surface area contributed by atoms with Gasteiger partial charge in [0.25, 0.3) is 5.91 Å². The summed E-state index contributed by atoms with van der Waals surface area (Å²) in [6.07, 6.45) is 2.85. The van der Waals surface area contributed by atoms with Gasteiger partial charge in [0.05, 0.1) is 21.9 Å². The van der Waals surface area contributed by atoms with Gasteiger partial charge in [0.1, 0.15) is 11.3 Å². The molecule has 0 saturated carbocycles. The molecule has 3 rings (SSSR count). The van der Waals surface area contributed by atoms with Gasteiger partial charge in [-0.3, -0.25) is 4.79 Å². The van der Waals surface area contributed by atoms with E-state index in [-0.39, 0.29) is 21.2 Å². The van der Waals surface area contributed by atoms with E-state index in [9.17, 15) is 18.0 Å². The second-order valence-corrected chi connectivity index (χ2v) is 9.38. The van der Waals surface area contributed by atoms with E-state index in [0.717, 1.165) is 19.3 Å². The van der Waals surface area contributed by atoms with Crippen molar-refractivity contribution < 1.29 is 27.2 Å². The Hall–Kier alpha value is -2.36. The van der Waals surface area contributed by atoms with Gasteiger partial charge >= 0.3 is 5.97 Å². The van der Waals surface area contributed by atoms with Crippen LogP contribution in [0, 0.1) is 6.92 Å². The molecule has 162 valence electrons. The number of hydrogen-bond donors (Lipinski definition) is 1. The Bertz CT molecular complexity index is 1040. The molecule has 2 heterocycles. The maximum absolute atomic E-state index is 12.9. The molecule has 10 heteroatoms. The second-order valence-electron chi connectivity index (χ2n) is 7.03. The first-order valence-electron chi connectivity index (χ1n) is 9.56. The Morgan fingerprint density at radius 2 is 1.90 bits per heavy atom. The second kappa shape index (κ2) is 9.20. The number of nitrogens with zero attached hydrogens (tertiary/aromatic N) is 1. The van der Waals surface area contributed by atoms with Crippen molar-refractivity contribution >= 4 is 39.2 Å². The molecule has 0 bridgehead atoms. The Morgan fingerprint density at radius 1 is 1.20 bits per heavy atom. The van der Waals surface area contributed by atoms with Gasteiger partial charge in [-0.05, 0) is 51.0 Å². The van der Waals surface area contributed by atoms with E-state index in [2.05, 4.69) is 5.32 Å². The lowest BCUT2D eigenvalue weighted by molar-refractivity contribution is -0.123. The number of sulfonamides is 1. The third-order valence-corrected chi connectivity index (χ3v) is 7.10. The van der Waals surface area contributed by atoms with E-state index < -0.39 is 28.0 Å². The molecule has 1 aliphatic heterocycles. The predicted octanol–water partition coefficient (Wildman–Crippen LogP) is 3.60. The number of piperidine rings is 1. The molecule has 8 nitrogen and oxygen atoms in total. The summed E-state index contributed by atoms with van der Waals surface area (Å²) in [5.74, 6) is -0.957. The Labute approximate surface area is 180 Å². The molecule has 1 aromatic heterocycles. The molecule has 0 spiro atoms. The largest absolute Gasteiger partial charge is 0.469 e. The van der Waals surface area contributed by atoms with Crippen molar-refractivity contribution in [3.63, 3.8) is 0 Å². The fraction of sp³-hybridized carbons (Fsp3) is 0.400. The minimum atomic E-state index is -3.68. The molecule has 2 aromatic rings. The van der Waals surface area contributed by atoms with Crippen LogP contribution in [0.4, 0.5) is 5.69 Å².